The van der Waals surface area contributed by atoms with Crippen molar-refractivity contribution in [3.63, 3.8) is 0 Å². The molecule has 0 unspecified atom stereocenters. The maximum absolute atomic E-state index is 12.7. The summed E-state index contributed by atoms with van der Waals surface area (Å²) in [5.74, 6) is -0.842. The summed E-state index contributed by atoms with van der Waals surface area (Å²) in [6, 6.07) is 13.1. The van der Waals surface area contributed by atoms with Crippen LogP contribution in [0.25, 0.3) is 0 Å². The summed E-state index contributed by atoms with van der Waals surface area (Å²) in [6.45, 7) is -0.0793. The molecule has 1 aliphatic carbocycles. The molecule has 2 aromatic rings. The molecule has 1 fully saturated rings. The summed E-state index contributed by atoms with van der Waals surface area (Å²) in [7, 11) is -2.50. The molecule has 172 valence electrons. The fraction of sp³-hybridized carbons (Fsp3) is 0.391. The number of hydrogen-bond acceptors (Lipinski definition) is 7. The van der Waals surface area contributed by atoms with E-state index in [0.29, 0.717) is 11.3 Å². The second kappa shape index (κ2) is 11.1. The van der Waals surface area contributed by atoms with Crippen molar-refractivity contribution < 1.29 is 32.2 Å². The lowest BCUT2D eigenvalue weighted by atomic mass is 10.2. The molecule has 32 heavy (non-hydrogen) atoms. The van der Waals surface area contributed by atoms with Crippen molar-refractivity contribution in [1.29, 1.82) is 0 Å². The van der Waals surface area contributed by atoms with E-state index in [4.69, 9.17) is 14.2 Å². The topological polar surface area (TPSA) is 108 Å². The minimum absolute atomic E-state index is 0.0166. The van der Waals surface area contributed by atoms with E-state index in [1.165, 1.54) is 12.1 Å². The molecule has 0 spiro atoms. The van der Waals surface area contributed by atoms with Crippen LogP contribution in [0.3, 0.4) is 0 Å². The van der Waals surface area contributed by atoms with Crippen LogP contribution in [0, 0.1) is 0 Å². The number of hydrogen-bond donors (Lipinski definition) is 1. The Morgan fingerprint density at radius 3 is 2.31 bits per heavy atom. The summed E-state index contributed by atoms with van der Waals surface area (Å²) in [5, 5.41) is 0. The van der Waals surface area contributed by atoms with E-state index in [-0.39, 0.29) is 17.6 Å². The van der Waals surface area contributed by atoms with Gasteiger partial charge in [-0.25, -0.2) is 8.42 Å². The molecule has 3 rings (SSSR count). The van der Waals surface area contributed by atoms with E-state index in [1.807, 2.05) is 0 Å². The lowest BCUT2D eigenvalue weighted by molar-refractivity contribution is -0.155. The standard InChI is InChI=1S/C23H27NO7S/c1-29-18-13-11-17(12-14-18)16-30-23(26)21(15-22(25)31-19-7-5-6-8-19)24-32(27,28)20-9-3-2-4-10-20/h2-4,9-14,19,21,24H,5-8,15-16H2,1H3/t21-/m0/s1. The first-order chi connectivity index (χ1) is 15.4. The van der Waals surface area contributed by atoms with Gasteiger partial charge >= 0.3 is 11.9 Å². The first-order valence-corrected chi connectivity index (χ1v) is 11.9. The molecular formula is C23H27NO7S. The number of carbonyl (C=O) groups is 2. The molecule has 1 aliphatic rings. The highest BCUT2D eigenvalue weighted by atomic mass is 32.2. The van der Waals surface area contributed by atoms with Crippen molar-refractivity contribution in [3.05, 3.63) is 60.2 Å². The van der Waals surface area contributed by atoms with Crippen molar-refractivity contribution in [2.45, 2.75) is 55.8 Å². The number of carbonyl (C=O) groups excluding carboxylic acids is 2. The van der Waals surface area contributed by atoms with Gasteiger partial charge in [0.05, 0.1) is 18.4 Å². The maximum atomic E-state index is 12.7. The Hall–Kier alpha value is -2.91. The van der Waals surface area contributed by atoms with Crippen molar-refractivity contribution in [2.24, 2.45) is 0 Å². The molecular weight excluding hydrogens is 434 g/mol. The molecule has 9 heteroatoms. The molecule has 1 N–H and O–H groups in total. The van der Waals surface area contributed by atoms with Gasteiger partial charge in [0.1, 0.15) is 24.5 Å². The highest BCUT2D eigenvalue weighted by Crippen LogP contribution is 2.22. The first kappa shape index (κ1) is 23.7. The lowest BCUT2D eigenvalue weighted by Crippen LogP contribution is -2.43. The van der Waals surface area contributed by atoms with Gasteiger partial charge < -0.3 is 14.2 Å². The first-order valence-electron chi connectivity index (χ1n) is 10.4. The Balaban J connectivity index is 1.69. The van der Waals surface area contributed by atoms with Crippen LogP contribution in [0.5, 0.6) is 5.75 Å². The summed E-state index contributed by atoms with van der Waals surface area (Å²) in [4.78, 5) is 25.1. The Labute approximate surface area is 187 Å². The fourth-order valence-electron chi connectivity index (χ4n) is 3.41. The number of sulfonamides is 1. The van der Waals surface area contributed by atoms with E-state index < -0.39 is 34.4 Å². The van der Waals surface area contributed by atoms with Gasteiger partial charge in [0.25, 0.3) is 0 Å². The Kier molecular flexibility index (Phi) is 8.24. The van der Waals surface area contributed by atoms with Crippen LogP contribution in [-0.2, 0) is 35.7 Å². The predicted molar refractivity (Wildman–Crippen MR) is 116 cm³/mol. The SMILES string of the molecule is COc1ccc(COC(=O)[C@H](CC(=O)OC2CCCC2)NS(=O)(=O)c2ccccc2)cc1. The van der Waals surface area contributed by atoms with Gasteiger partial charge in [-0.1, -0.05) is 30.3 Å². The second-order valence-corrected chi connectivity index (χ2v) is 9.26. The number of esters is 2. The highest BCUT2D eigenvalue weighted by Gasteiger charge is 2.31. The molecule has 0 radical (unpaired) electrons. The van der Waals surface area contributed by atoms with E-state index in [9.17, 15) is 18.0 Å². The predicted octanol–water partition coefficient (Wildman–Crippen LogP) is 2.96. The number of rotatable bonds is 10. The zero-order valence-electron chi connectivity index (χ0n) is 17.9. The molecule has 1 saturated carbocycles. The van der Waals surface area contributed by atoms with Crippen LogP contribution < -0.4 is 9.46 Å². The number of ether oxygens (including phenoxy) is 3. The van der Waals surface area contributed by atoms with Gasteiger partial charge in [-0.3, -0.25) is 9.59 Å². The Morgan fingerprint density at radius 2 is 1.69 bits per heavy atom. The van der Waals surface area contributed by atoms with Crippen LogP contribution in [0.1, 0.15) is 37.7 Å². The summed E-state index contributed by atoms with van der Waals surface area (Å²) in [6.07, 6.45) is 2.86. The summed E-state index contributed by atoms with van der Waals surface area (Å²) in [5.41, 5.74) is 0.692. The van der Waals surface area contributed by atoms with Gasteiger partial charge in [-0.2, -0.15) is 4.72 Å². The minimum atomic E-state index is -4.04. The van der Waals surface area contributed by atoms with E-state index in [0.717, 1.165) is 25.7 Å². The zero-order chi connectivity index (χ0) is 23.0. The fourth-order valence-corrected chi connectivity index (χ4v) is 4.62. The monoisotopic (exact) mass is 461 g/mol. The lowest BCUT2D eigenvalue weighted by Gasteiger charge is -2.19. The van der Waals surface area contributed by atoms with E-state index >= 15 is 0 Å². The number of benzene rings is 2. The average Bonchev–Trinajstić information content (AvgIpc) is 3.30. The van der Waals surface area contributed by atoms with E-state index in [2.05, 4.69) is 4.72 Å². The summed E-state index contributed by atoms with van der Waals surface area (Å²) < 4.78 is 43.6. The van der Waals surface area contributed by atoms with Gasteiger partial charge in [-0.05, 0) is 55.5 Å². The number of methoxy groups -OCH3 is 1. The van der Waals surface area contributed by atoms with Gasteiger partial charge in [0, 0.05) is 0 Å². The smallest absolute Gasteiger partial charge is 0.325 e. The zero-order valence-corrected chi connectivity index (χ0v) is 18.7. The number of nitrogens with one attached hydrogen (secondary N) is 1. The molecule has 0 bridgehead atoms. The van der Waals surface area contributed by atoms with Crippen LogP contribution in [-0.4, -0.2) is 39.6 Å². The quantitative estimate of drug-likeness (QED) is 0.542. The minimum Gasteiger partial charge on any atom is -0.497 e. The Bertz CT molecular complexity index is 1000. The molecule has 0 heterocycles. The van der Waals surface area contributed by atoms with Crippen LogP contribution in [0.15, 0.2) is 59.5 Å². The van der Waals surface area contributed by atoms with Crippen molar-refractivity contribution >= 4 is 22.0 Å². The third kappa shape index (κ3) is 6.80. The van der Waals surface area contributed by atoms with Crippen LogP contribution in [0.4, 0.5) is 0 Å². The molecule has 1 atom stereocenters. The third-order valence-corrected chi connectivity index (χ3v) is 6.63. The van der Waals surface area contributed by atoms with Gasteiger partial charge in [0.2, 0.25) is 10.0 Å². The van der Waals surface area contributed by atoms with Crippen molar-refractivity contribution in [1.82, 2.24) is 4.72 Å². The van der Waals surface area contributed by atoms with Gasteiger partial charge in [-0.15, -0.1) is 0 Å². The van der Waals surface area contributed by atoms with Gasteiger partial charge in [0.15, 0.2) is 0 Å². The molecule has 0 saturated heterocycles. The normalized spacial score (nSPS) is 15.2. The second-order valence-electron chi connectivity index (χ2n) is 7.54. The molecule has 8 nitrogen and oxygen atoms in total. The van der Waals surface area contributed by atoms with Crippen LogP contribution >= 0.6 is 0 Å². The van der Waals surface area contributed by atoms with Crippen molar-refractivity contribution in [2.75, 3.05) is 7.11 Å². The van der Waals surface area contributed by atoms with Crippen molar-refractivity contribution in [3.8, 4) is 5.75 Å². The molecule has 0 aromatic heterocycles. The highest BCUT2D eigenvalue weighted by molar-refractivity contribution is 7.89. The average molecular weight is 462 g/mol. The Morgan fingerprint density at radius 1 is 1.03 bits per heavy atom. The largest absolute Gasteiger partial charge is 0.497 e. The maximum Gasteiger partial charge on any atom is 0.325 e. The third-order valence-electron chi connectivity index (χ3n) is 5.15. The summed E-state index contributed by atoms with van der Waals surface area (Å²) >= 11 is 0. The molecule has 2 aromatic carbocycles. The van der Waals surface area contributed by atoms with Crippen LogP contribution in [0.2, 0.25) is 0 Å². The molecule has 0 amide bonds. The molecule has 0 aliphatic heterocycles. The van der Waals surface area contributed by atoms with E-state index in [1.54, 1.807) is 49.6 Å².